The number of aliphatic hydroxyl groups excluding tert-OH is 1. The number of nitrogens with one attached hydrogen (secondary N) is 2. The zero-order chi connectivity index (χ0) is 24.1. The molecule has 2 rings (SSSR count). The van der Waals surface area contributed by atoms with Crippen molar-refractivity contribution < 1.29 is 51.9 Å². The number of rotatable bonds is 4. The van der Waals surface area contributed by atoms with E-state index in [0.717, 1.165) is 19.2 Å². The molecule has 0 fully saturated rings. The topological polar surface area (TPSA) is 302 Å². The molecule has 0 amide bonds. The second kappa shape index (κ2) is 13.2. The minimum atomic E-state index is -4.67. The van der Waals surface area contributed by atoms with Crippen LogP contribution in [0.3, 0.4) is 0 Å². The number of aromatic nitrogens is 4. The number of carboxylic acids is 1. The predicted octanol–water partition coefficient (Wildman–Crippen LogP) is -0.924. The van der Waals surface area contributed by atoms with Gasteiger partial charge in [0.25, 0.3) is 0 Å². The van der Waals surface area contributed by atoms with Gasteiger partial charge in [0.1, 0.15) is 0 Å². The number of nitro groups is 2. The van der Waals surface area contributed by atoms with E-state index in [2.05, 4.69) is 20.0 Å². The van der Waals surface area contributed by atoms with E-state index >= 15 is 0 Å². The van der Waals surface area contributed by atoms with Crippen molar-refractivity contribution in [2.75, 3.05) is 14.2 Å². The van der Waals surface area contributed by atoms with Crippen LogP contribution in [-0.2, 0) is 15.1 Å². The summed E-state index contributed by atoms with van der Waals surface area (Å²) in [7, 11) is -2.50. The average Bonchev–Trinajstić information content (AvgIpc) is 3.31. The van der Waals surface area contributed by atoms with Crippen LogP contribution < -0.4 is 0 Å². The van der Waals surface area contributed by atoms with Crippen LogP contribution in [0.4, 0.5) is 11.6 Å². The molecule has 30 heavy (non-hydrogen) atoms. The highest BCUT2D eigenvalue weighted by Crippen LogP contribution is 2.08. The van der Waals surface area contributed by atoms with Gasteiger partial charge in [0.05, 0.1) is 19.2 Å². The summed E-state index contributed by atoms with van der Waals surface area (Å²) in [6.45, 7) is 0. The van der Waals surface area contributed by atoms with Crippen LogP contribution in [0.1, 0.15) is 21.0 Å². The maximum absolute atomic E-state index is 10.7. The molecule has 2 aromatic heterocycles. The Labute approximate surface area is 165 Å². The fraction of sp³-hybridized carbons (Fsp3) is 0.200. The number of esters is 1. The molecule has 0 aliphatic carbocycles. The first kappa shape index (κ1) is 28.2. The van der Waals surface area contributed by atoms with Gasteiger partial charge < -0.3 is 35.2 Å². The molecular weight excluding hydrogens is 444 g/mol. The summed E-state index contributed by atoms with van der Waals surface area (Å²) in [5.41, 5.74) is -0.471. The van der Waals surface area contributed by atoms with Gasteiger partial charge in [-0.2, -0.15) is 8.42 Å². The molecule has 0 saturated heterocycles. The second-order valence-corrected chi connectivity index (χ2v) is 4.93. The van der Waals surface area contributed by atoms with Crippen molar-refractivity contribution in [2.45, 2.75) is 0 Å². The summed E-state index contributed by atoms with van der Waals surface area (Å²) < 4.78 is 35.9. The Kier molecular flexibility index (Phi) is 12.4. The highest BCUT2D eigenvalue weighted by atomic mass is 32.3. The van der Waals surface area contributed by atoms with E-state index in [1.807, 2.05) is 5.10 Å². The van der Waals surface area contributed by atoms with Crippen LogP contribution in [0.25, 0.3) is 0 Å². The van der Waals surface area contributed by atoms with Crippen LogP contribution in [0.2, 0.25) is 0 Å². The van der Waals surface area contributed by atoms with Gasteiger partial charge in [-0.1, -0.05) is 10.2 Å². The van der Waals surface area contributed by atoms with Gasteiger partial charge in [-0.05, 0) is 9.85 Å². The lowest BCUT2D eigenvalue weighted by molar-refractivity contribution is -0.389. The number of H-pyrrole nitrogens is 2. The maximum Gasteiger partial charge on any atom is 0.394 e. The molecule has 0 unspecified atom stereocenters. The predicted molar refractivity (Wildman–Crippen MR) is 91.1 cm³/mol. The summed E-state index contributed by atoms with van der Waals surface area (Å²) in [5.74, 6) is -2.77. The molecule has 6 N–H and O–H groups in total. The number of aliphatic hydroxyl groups is 1. The largest absolute Gasteiger partial charge is 0.476 e. The average molecular weight is 458 g/mol. The zero-order valence-corrected chi connectivity index (χ0v) is 15.6. The highest BCUT2D eigenvalue weighted by Gasteiger charge is 2.16. The third-order valence-electron chi connectivity index (χ3n) is 2.14. The smallest absolute Gasteiger partial charge is 0.394 e. The van der Waals surface area contributed by atoms with Crippen LogP contribution in [0.5, 0.6) is 0 Å². The van der Waals surface area contributed by atoms with E-state index in [1.165, 1.54) is 7.11 Å². The van der Waals surface area contributed by atoms with Crippen LogP contribution in [-0.4, -0.2) is 84.1 Å². The fourth-order valence-corrected chi connectivity index (χ4v) is 1.13. The summed E-state index contributed by atoms with van der Waals surface area (Å²) in [4.78, 5) is 39.5. The molecule has 0 aromatic carbocycles. The Bertz CT molecular complexity index is 928. The molecule has 0 radical (unpaired) electrons. The molecular formula is C10H14N6O13S. The maximum atomic E-state index is 10.7. The van der Waals surface area contributed by atoms with Gasteiger partial charge in [-0.25, -0.2) is 9.59 Å². The molecule has 168 valence electrons. The number of aromatic amines is 2. The summed E-state index contributed by atoms with van der Waals surface area (Å²) >= 11 is 0. The van der Waals surface area contributed by atoms with E-state index < -0.39 is 38.0 Å². The van der Waals surface area contributed by atoms with Gasteiger partial charge in [-0.15, -0.1) is 10.2 Å². The van der Waals surface area contributed by atoms with E-state index in [9.17, 15) is 29.8 Å². The third kappa shape index (κ3) is 12.4. The van der Waals surface area contributed by atoms with E-state index in [4.69, 9.17) is 27.7 Å². The Morgan fingerprint density at radius 1 is 1.00 bits per heavy atom. The Hall–Kier alpha value is -4.01. The molecule has 2 aromatic rings. The molecule has 0 saturated carbocycles. The quantitative estimate of drug-likeness (QED) is 0.139. The first-order valence-electron chi connectivity index (χ1n) is 6.62. The Balaban J connectivity index is 0. The van der Waals surface area contributed by atoms with Crippen molar-refractivity contribution in [3.8, 4) is 0 Å². The minimum absolute atomic E-state index is 0.107. The normalized spacial score (nSPS) is 9.37. The fourth-order valence-electron chi connectivity index (χ4n) is 1.13. The van der Waals surface area contributed by atoms with Crippen molar-refractivity contribution in [1.82, 2.24) is 20.4 Å². The van der Waals surface area contributed by atoms with Crippen molar-refractivity contribution in [3.63, 3.8) is 0 Å². The highest BCUT2D eigenvalue weighted by molar-refractivity contribution is 7.79. The first-order valence-corrected chi connectivity index (χ1v) is 8.01. The standard InChI is InChI=1S/C5H5N3O4.C4H3N3O4.CH4O.H2O4S/c1-12-5(9)3-2-4(7-6-3)8(10)11;8-4(9)2-1-3(6-5-2)7(10)11;1-2;1-5(2,3)4/h2H,1H3,(H,6,7);1H,(H,5,6)(H,8,9);2H,1H3;(H2,1,2,3,4). The van der Waals surface area contributed by atoms with Crippen molar-refractivity contribution >= 4 is 34.0 Å². The zero-order valence-electron chi connectivity index (χ0n) is 14.8. The number of hydrogen-bond acceptors (Lipinski definition) is 12. The summed E-state index contributed by atoms with van der Waals surface area (Å²) in [6, 6.07) is 1.86. The van der Waals surface area contributed by atoms with Crippen LogP contribution in [0, 0.1) is 20.2 Å². The third-order valence-corrected chi connectivity index (χ3v) is 2.14. The number of carbonyl (C=O) groups excluding carboxylic acids is 1. The number of carboxylic acid groups (broad SMARTS) is 1. The summed E-state index contributed by atoms with van der Waals surface area (Å²) in [6.07, 6.45) is 0. The first-order chi connectivity index (χ1) is 13.8. The van der Waals surface area contributed by atoms with Gasteiger partial charge in [0.2, 0.25) is 0 Å². The Morgan fingerprint density at radius 3 is 1.57 bits per heavy atom. The SMILES string of the molecule is CO.COC(=O)c1cc([N+](=O)[O-])[nH]n1.O=C(O)c1cc([N+](=O)[O-])[nH]n1.O=S(=O)(O)O. The van der Waals surface area contributed by atoms with E-state index in [-0.39, 0.29) is 17.2 Å². The van der Waals surface area contributed by atoms with E-state index in [0.29, 0.717) is 0 Å². The lowest BCUT2D eigenvalue weighted by Gasteiger charge is -1.88. The molecule has 0 spiro atoms. The lowest BCUT2D eigenvalue weighted by atomic mass is 10.4. The molecule has 0 atom stereocenters. The number of aromatic carboxylic acids is 1. The molecule has 19 nitrogen and oxygen atoms in total. The Morgan fingerprint density at radius 2 is 1.33 bits per heavy atom. The van der Waals surface area contributed by atoms with Crippen molar-refractivity contribution in [2.24, 2.45) is 0 Å². The molecule has 0 bridgehead atoms. The minimum Gasteiger partial charge on any atom is -0.476 e. The van der Waals surface area contributed by atoms with Crippen LogP contribution in [0.15, 0.2) is 12.1 Å². The van der Waals surface area contributed by atoms with Gasteiger partial charge in [0.15, 0.2) is 11.4 Å². The second-order valence-electron chi connectivity index (χ2n) is 4.04. The number of hydrogen-bond donors (Lipinski definition) is 6. The van der Waals surface area contributed by atoms with Gasteiger partial charge in [-0.3, -0.25) is 9.11 Å². The molecule has 0 aliphatic rings. The van der Waals surface area contributed by atoms with Crippen molar-refractivity contribution in [1.29, 1.82) is 0 Å². The number of ether oxygens (including phenoxy) is 1. The molecule has 20 heteroatoms. The molecule has 2 heterocycles. The number of methoxy groups -OCH3 is 1. The molecule has 0 aliphatic heterocycles. The van der Waals surface area contributed by atoms with Gasteiger partial charge >= 0.3 is 34.0 Å². The monoisotopic (exact) mass is 458 g/mol. The van der Waals surface area contributed by atoms with E-state index in [1.54, 1.807) is 0 Å². The van der Waals surface area contributed by atoms with Gasteiger partial charge in [0, 0.05) is 7.11 Å². The summed E-state index contributed by atoms with van der Waals surface area (Å²) in [5, 5.41) is 45.9. The van der Waals surface area contributed by atoms with Crippen molar-refractivity contribution in [3.05, 3.63) is 43.7 Å². The van der Waals surface area contributed by atoms with Crippen LogP contribution >= 0.6 is 0 Å². The lowest BCUT2D eigenvalue weighted by Crippen LogP contribution is -2.00. The number of carbonyl (C=O) groups is 2. The number of nitrogens with zero attached hydrogens (tertiary/aromatic N) is 4.